The van der Waals surface area contributed by atoms with E-state index < -0.39 is 0 Å². The molecule has 5 rings (SSSR count). The first-order chi connectivity index (χ1) is 13.7. The molecule has 0 saturated carbocycles. The van der Waals surface area contributed by atoms with Gasteiger partial charge in [-0.2, -0.15) is 4.98 Å². The molecule has 1 saturated heterocycles. The van der Waals surface area contributed by atoms with E-state index in [-0.39, 0.29) is 5.56 Å². The van der Waals surface area contributed by atoms with Crippen molar-refractivity contribution in [3.63, 3.8) is 0 Å². The number of nitrogens with zero attached hydrogens (tertiary/aromatic N) is 4. The second-order valence-corrected chi connectivity index (χ2v) is 7.49. The highest BCUT2D eigenvalue weighted by Gasteiger charge is 2.24. The maximum Gasteiger partial charge on any atom is 0.298 e. The van der Waals surface area contributed by atoms with Crippen LogP contribution >= 0.6 is 0 Å². The first-order valence-corrected chi connectivity index (χ1v) is 9.76. The summed E-state index contributed by atoms with van der Waals surface area (Å²) in [5, 5.41) is 0.692. The summed E-state index contributed by atoms with van der Waals surface area (Å²) in [6.45, 7) is 4.39. The van der Waals surface area contributed by atoms with Crippen molar-refractivity contribution < 1.29 is 4.42 Å². The van der Waals surface area contributed by atoms with Gasteiger partial charge < -0.3 is 9.32 Å². The van der Waals surface area contributed by atoms with E-state index in [1.807, 2.05) is 60.0 Å². The summed E-state index contributed by atoms with van der Waals surface area (Å²) in [4.78, 5) is 24.3. The van der Waals surface area contributed by atoms with Gasteiger partial charge in [0.25, 0.3) is 11.6 Å². The lowest BCUT2D eigenvalue weighted by molar-refractivity contribution is 0.340. The van der Waals surface area contributed by atoms with Gasteiger partial charge >= 0.3 is 0 Å². The van der Waals surface area contributed by atoms with E-state index in [1.54, 1.807) is 0 Å². The van der Waals surface area contributed by atoms with Gasteiger partial charge in [0.1, 0.15) is 11.3 Å². The Morgan fingerprint density at radius 1 is 1.00 bits per heavy atom. The predicted molar refractivity (Wildman–Crippen MR) is 110 cm³/mol. The fraction of sp³-hybridized carbons (Fsp3) is 0.318. The summed E-state index contributed by atoms with van der Waals surface area (Å²) < 4.78 is 7.73. The van der Waals surface area contributed by atoms with Crippen LogP contribution < -0.4 is 10.5 Å². The molecular weight excluding hydrogens is 352 g/mol. The van der Waals surface area contributed by atoms with E-state index in [1.165, 1.54) is 0 Å². The fourth-order valence-electron chi connectivity index (χ4n) is 4.05. The number of rotatable bonds is 3. The van der Waals surface area contributed by atoms with E-state index in [9.17, 15) is 4.79 Å². The van der Waals surface area contributed by atoms with Crippen molar-refractivity contribution in [2.45, 2.75) is 26.3 Å². The van der Waals surface area contributed by atoms with E-state index in [0.29, 0.717) is 23.9 Å². The number of piperidine rings is 1. The fourth-order valence-corrected chi connectivity index (χ4v) is 4.05. The highest BCUT2D eigenvalue weighted by molar-refractivity contribution is 5.77. The normalized spacial score (nSPS) is 15.5. The molecule has 3 heterocycles. The van der Waals surface area contributed by atoms with Crippen molar-refractivity contribution >= 4 is 28.0 Å². The Morgan fingerprint density at radius 2 is 1.71 bits per heavy atom. The number of hydrogen-bond acceptors (Lipinski definition) is 5. The summed E-state index contributed by atoms with van der Waals surface area (Å²) in [5.41, 5.74) is 2.55. The van der Waals surface area contributed by atoms with Gasteiger partial charge in [0, 0.05) is 19.6 Å². The largest absolute Gasteiger partial charge is 0.423 e. The number of aromatic nitrogens is 3. The lowest BCUT2D eigenvalue weighted by atomic mass is 9.97. The summed E-state index contributed by atoms with van der Waals surface area (Å²) in [5.74, 6) is 1.23. The van der Waals surface area contributed by atoms with Crippen LogP contribution in [0.4, 0.5) is 6.01 Å². The number of oxazole rings is 1. The van der Waals surface area contributed by atoms with Crippen LogP contribution in [0.1, 0.15) is 18.7 Å². The maximum atomic E-state index is 12.9. The van der Waals surface area contributed by atoms with Gasteiger partial charge in [0.15, 0.2) is 5.58 Å². The molecule has 4 aromatic rings. The Kier molecular flexibility index (Phi) is 4.11. The molecule has 0 atom stereocenters. The average molecular weight is 374 g/mol. The van der Waals surface area contributed by atoms with Crippen molar-refractivity contribution in [1.82, 2.24) is 14.5 Å². The number of aryl methyl sites for hydroxylation is 1. The molecule has 0 N–H and O–H groups in total. The molecule has 6 heteroatoms. The summed E-state index contributed by atoms with van der Waals surface area (Å²) in [7, 11) is 0. The Morgan fingerprint density at radius 3 is 2.50 bits per heavy atom. The molecule has 0 spiro atoms. The topological polar surface area (TPSA) is 64.2 Å². The quantitative estimate of drug-likeness (QED) is 0.546. The van der Waals surface area contributed by atoms with Crippen molar-refractivity contribution in [3.05, 3.63) is 64.7 Å². The molecule has 0 aliphatic carbocycles. The van der Waals surface area contributed by atoms with Crippen LogP contribution in [0.2, 0.25) is 0 Å². The molecule has 2 aromatic heterocycles. The minimum Gasteiger partial charge on any atom is -0.423 e. The Labute approximate surface area is 162 Å². The molecule has 1 fully saturated rings. The SMILES string of the molecule is Cc1nc2ccccc2c(=O)n1CC1CCN(c2nc3ccccc3o2)CC1. The monoisotopic (exact) mass is 374 g/mol. The minimum absolute atomic E-state index is 0.0597. The van der Waals surface area contributed by atoms with Crippen LogP contribution in [0.3, 0.4) is 0 Å². The molecule has 0 bridgehead atoms. The molecule has 142 valence electrons. The van der Waals surface area contributed by atoms with E-state index >= 15 is 0 Å². The standard InChI is InChI=1S/C22H22N4O2/c1-15-23-18-7-3-2-6-17(18)21(27)26(15)14-16-10-12-25(13-11-16)22-24-19-8-4-5-9-20(19)28-22/h2-9,16H,10-14H2,1H3. The average Bonchev–Trinajstić information content (AvgIpc) is 3.16. The van der Waals surface area contributed by atoms with Crippen molar-refractivity contribution in [3.8, 4) is 0 Å². The van der Waals surface area contributed by atoms with E-state index in [0.717, 1.165) is 48.4 Å². The smallest absolute Gasteiger partial charge is 0.298 e. The molecule has 2 aromatic carbocycles. The highest BCUT2D eigenvalue weighted by Crippen LogP contribution is 2.27. The van der Waals surface area contributed by atoms with Crippen LogP contribution in [-0.4, -0.2) is 27.6 Å². The molecule has 0 radical (unpaired) electrons. The Balaban J connectivity index is 1.32. The molecule has 1 aliphatic rings. The van der Waals surface area contributed by atoms with Crippen LogP contribution in [-0.2, 0) is 6.54 Å². The van der Waals surface area contributed by atoms with Gasteiger partial charge in [-0.3, -0.25) is 9.36 Å². The maximum absolute atomic E-state index is 12.9. The molecular formula is C22H22N4O2. The van der Waals surface area contributed by atoms with Crippen molar-refractivity contribution in [2.24, 2.45) is 5.92 Å². The van der Waals surface area contributed by atoms with Gasteiger partial charge in [-0.1, -0.05) is 24.3 Å². The molecule has 28 heavy (non-hydrogen) atoms. The van der Waals surface area contributed by atoms with E-state index in [2.05, 4.69) is 14.9 Å². The van der Waals surface area contributed by atoms with Gasteiger partial charge in [-0.25, -0.2) is 4.98 Å². The van der Waals surface area contributed by atoms with Crippen LogP contribution in [0.25, 0.3) is 22.0 Å². The lowest BCUT2D eigenvalue weighted by Crippen LogP contribution is -2.37. The number of benzene rings is 2. The van der Waals surface area contributed by atoms with Crippen LogP contribution in [0.5, 0.6) is 0 Å². The first kappa shape index (κ1) is 17.0. The summed E-state index contributed by atoms with van der Waals surface area (Å²) in [6, 6.07) is 16.1. The first-order valence-electron chi connectivity index (χ1n) is 9.76. The number of hydrogen-bond donors (Lipinski definition) is 0. The predicted octanol–water partition coefficient (Wildman–Crippen LogP) is 3.76. The number of para-hydroxylation sites is 3. The Bertz CT molecular complexity index is 1170. The van der Waals surface area contributed by atoms with Gasteiger partial charge in [0.2, 0.25) is 0 Å². The molecule has 6 nitrogen and oxygen atoms in total. The highest BCUT2D eigenvalue weighted by atomic mass is 16.4. The van der Waals surface area contributed by atoms with Gasteiger partial charge in [-0.15, -0.1) is 0 Å². The summed E-state index contributed by atoms with van der Waals surface area (Å²) in [6.07, 6.45) is 1.99. The number of fused-ring (bicyclic) bond motifs is 2. The minimum atomic E-state index is 0.0597. The second kappa shape index (κ2) is 6.78. The third-order valence-corrected chi connectivity index (χ3v) is 5.66. The summed E-state index contributed by atoms with van der Waals surface area (Å²) >= 11 is 0. The third kappa shape index (κ3) is 2.95. The molecule has 0 unspecified atom stereocenters. The Hall–Kier alpha value is -3.15. The van der Waals surface area contributed by atoms with Gasteiger partial charge in [-0.05, 0) is 49.9 Å². The van der Waals surface area contributed by atoms with E-state index in [4.69, 9.17) is 4.42 Å². The van der Waals surface area contributed by atoms with Crippen LogP contribution in [0.15, 0.2) is 57.7 Å². The zero-order chi connectivity index (χ0) is 19.1. The van der Waals surface area contributed by atoms with Crippen molar-refractivity contribution in [2.75, 3.05) is 18.0 Å². The zero-order valence-corrected chi connectivity index (χ0v) is 15.8. The number of anilines is 1. The van der Waals surface area contributed by atoms with Crippen LogP contribution in [0, 0.1) is 12.8 Å². The zero-order valence-electron chi connectivity index (χ0n) is 15.8. The molecule has 1 aliphatic heterocycles. The molecule has 0 amide bonds. The van der Waals surface area contributed by atoms with Crippen molar-refractivity contribution in [1.29, 1.82) is 0 Å². The second-order valence-electron chi connectivity index (χ2n) is 7.49. The van der Waals surface area contributed by atoms with Gasteiger partial charge in [0.05, 0.1) is 10.9 Å². The lowest BCUT2D eigenvalue weighted by Gasteiger charge is -2.31. The third-order valence-electron chi connectivity index (χ3n) is 5.66.